The Labute approximate surface area is 117 Å². The minimum atomic E-state index is -2.84. The molecule has 1 rings (SSSR count). The highest BCUT2D eigenvalue weighted by Gasteiger charge is 2.28. The first kappa shape index (κ1) is 16.3. The van der Waals surface area contributed by atoms with E-state index in [9.17, 15) is 8.42 Å². The predicted molar refractivity (Wildman–Crippen MR) is 80.2 cm³/mol. The Balaban J connectivity index is 2.28. The molecule has 1 atom stereocenters. The van der Waals surface area contributed by atoms with Crippen LogP contribution in [0.4, 0.5) is 0 Å². The van der Waals surface area contributed by atoms with Gasteiger partial charge in [-0.15, -0.1) is 0 Å². The Bertz CT molecular complexity index is 410. The van der Waals surface area contributed by atoms with Gasteiger partial charge < -0.3 is 10.6 Å². The molecule has 0 bridgehead atoms. The van der Waals surface area contributed by atoms with Crippen LogP contribution in [0.15, 0.2) is 4.99 Å². The van der Waals surface area contributed by atoms with Crippen molar-refractivity contribution in [3.05, 3.63) is 0 Å². The van der Waals surface area contributed by atoms with Gasteiger partial charge in [0.05, 0.1) is 11.5 Å². The summed E-state index contributed by atoms with van der Waals surface area (Å²) in [6.07, 6.45) is 2.90. The summed E-state index contributed by atoms with van der Waals surface area (Å²) in [5.41, 5.74) is 0.345. The zero-order valence-electron chi connectivity index (χ0n) is 12.5. The van der Waals surface area contributed by atoms with Crippen molar-refractivity contribution in [1.82, 2.24) is 10.6 Å². The normalized spacial score (nSPS) is 23.4. The van der Waals surface area contributed by atoms with E-state index in [1.54, 1.807) is 7.05 Å². The lowest BCUT2D eigenvalue weighted by molar-refractivity contribution is 0.365. The quantitative estimate of drug-likeness (QED) is 0.463. The molecule has 1 heterocycles. The lowest BCUT2D eigenvalue weighted by atomic mass is 9.91. The second-order valence-corrected chi connectivity index (χ2v) is 8.64. The van der Waals surface area contributed by atoms with E-state index in [2.05, 4.69) is 36.4 Å². The number of nitrogens with one attached hydrogen (secondary N) is 2. The molecular formula is C13H27N3O2S. The third kappa shape index (κ3) is 6.80. The molecule has 0 amide bonds. The first-order valence-electron chi connectivity index (χ1n) is 6.89. The third-order valence-electron chi connectivity index (χ3n) is 3.19. The SMILES string of the molecule is CN=C(NCCCC(C)(C)C)NC1CCS(=O)(=O)C1. The number of hydrogen-bond donors (Lipinski definition) is 2. The van der Waals surface area contributed by atoms with Crippen LogP contribution in [-0.2, 0) is 9.84 Å². The molecule has 1 aliphatic rings. The minimum absolute atomic E-state index is 0.00110. The molecule has 6 heteroatoms. The fourth-order valence-corrected chi connectivity index (χ4v) is 3.80. The molecule has 1 saturated heterocycles. The fourth-order valence-electron chi connectivity index (χ4n) is 2.12. The van der Waals surface area contributed by atoms with Crippen LogP contribution < -0.4 is 10.6 Å². The van der Waals surface area contributed by atoms with Crippen molar-refractivity contribution in [1.29, 1.82) is 0 Å². The van der Waals surface area contributed by atoms with Crippen LogP contribution in [0.3, 0.4) is 0 Å². The van der Waals surface area contributed by atoms with Gasteiger partial charge in [0.25, 0.3) is 0 Å². The van der Waals surface area contributed by atoms with Crippen LogP contribution in [0.25, 0.3) is 0 Å². The summed E-state index contributed by atoms with van der Waals surface area (Å²) in [6, 6.07) is -0.00110. The van der Waals surface area contributed by atoms with Gasteiger partial charge in [0.1, 0.15) is 0 Å². The van der Waals surface area contributed by atoms with E-state index in [0.717, 1.165) is 19.4 Å². The third-order valence-corrected chi connectivity index (χ3v) is 4.96. The van der Waals surface area contributed by atoms with Gasteiger partial charge in [-0.05, 0) is 24.7 Å². The first-order valence-corrected chi connectivity index (χ1v) is 8.72. The molecule has 0 aromatic heterocycles. The van der Waals surface area contributed by atoms with Gasteiger partial charge in [0.15, 0.2) is 15.8 Å². The van der Waals surface area contributed by atoms with Gasteiger partial charge >= 0.3 is 0 Å². The maximum Gasteiger partial charge on any atom is 0.191 e. The summed E-state index contributed by atoms with van der Waals surface area (Å²) in [5, 5.41) is 6.42. The van der Waals surface area contributed by atoms with Crippen LogP contribution in [0.5, 0.6) is 0 Å². The molecule has 1 unspecified atom stereocenters. The maximum absolute atomic E-state index is 11.4. The zero-order valence-corrected chi connectivity index (χ0v) is 13.3. The summed E-state index contributed by atoms with van der Waals surface area (Å²) in [6.45, 7) is 7.53. The number of sulfone groups is 1. The number of aliphatic imine (C=N–C) groups is 1. The molecule has 2 N–H and O–H groups in total. The van der Waals surface area contributed by atoms with Crippen molar-refractivity contribution in [2.75, 3.05) is 25.1 Å². The summed E-state index contributed by atoms with van der Waals surface area (Å²) in [4.78, 5) is 4.13. The van der Waals surface area contributed by atoms with Gasteiger partial charge in [0, 0.05) is 19.6 Å². The van der Waals surface area contributed by atoms with Crippen LogP contribution >= 0.6 is 0 Å². The molecule has 0 spiro atoms. The van der Waals surface area contributed by atoms with E-state index in [4.69, 9.17) is 0 Å². The van der Waals surface area contributed by atoms with E-state index >= 15 is 0 Å². The topological polar surface area (TPSA) is 70.6 Å². The van der Waals surface area contributed by atoms with E-state index in [0.29, 0.717) is 17.8 Å². The van der Waals surface area contributed by atoms with Crippen LogP contribution in [0, 0.1) is 5.41 Å². The maximum atomic E-state index is 11.4. The van der Waals surface area contributed by atoms with Gasteiger partial charge in [-0.2, -0.15) is 0 Å². The van der Waals surface area contributed by atoms with Crippen LogP contribution in [0.1, 0.15) is 40.0 Å². The molecule has 0 saturated carbocycles. The Kier molecular flexibility index (Phi) is 5.64. The Morgan fingerprint density at radius 1 is 1.37 bits per heavy atom. The van der Waals surface area contributed by atoms with Crippen molar-refractivity contribution in [2.45, 2.75) is 46.1 Å². The summed E-state index contributed by atoms with van der Waals surface area (Å²) < 4.78 is 22.8. The number of guanidine groups is 1. The van der Waals surface area contributed by atoms with Crippen molar-refractivity contribution in [2.24, 2.45) is 10.4 Å². The van der Waals surface area contributed by atoms with E-state index in [-0.39, 0.29) is 17.5 Å². The van der Waals surface area contributed by atoms with E-state index < -0.39 is 9.84 Å². The molecule has 0 radical (unpaired) electrons. The Morgan fingerprint density at radius 3 is 2.53 bits per heavy atom. The van der Waals surface area contributed by atoms with Crippen molar-refractivity contribution < 1.29 is 8.42 Å². The lowest BCUT2D eigenvalue weighted by Gasteiger charge is -2.19. The fraction of sp³-hybridized carbons (Fsp3) is 0.923. The standard InChI is InChI=1S/C13H27N3O2S/c1-13(2,3)7-5-8-15-12(14-4)16-11-6-9-19(17,18)10-11/h11H,5-10H2,1-4H3,(H2,14,15,16). The van der Waals surface area contributed by atoms with E-state index in [1.165, 1.54) is 0 Å². The number of rotatable bonds is 4. The summed E-state index contributed by atoms with van der Waals surface area (Å²) in [5.74, 6) is 1.21. The summed E-state index contributed by atoms with van der Waals surface area (Å²) >= 11 is 0. The summed E-state index contributed by atoms with van der Waals surface area (Å²) in [7, 11) is -1.13. The second kappa shape index (κ2) is 6.59. The molecule has 0 aromatic rings. The Hall–Kier alpha value is -0.780. The average molecular weight is 289 g/mol. The number of hydrogen-bond acceptors (Lipinski definition) is 3. The number of nitrogens with zero attached hydrogens (tertiary/aromatic N) is 1. The second-order valence-electron chi connectivity index (χ2n) is 6.41. The van der Waals surface area contributed by atoms with Gasteiger partial charge in [-0.25, -0.2) is 8.42 Å². The van der Waals surface area contributed by atoms with Crippen molar-refractivity contribution in [3.63, 3.8) is 0 Å². The van der Waals surface area contributed by atoms with Gasteiger partial charge in [-0.1, -0.05) is 20.8 Å². The van der Waals surface area contributed by atoms with Gasteiger partial charge in [-0.3, -0.25) is 4.99 Å². The molecule has 0 aromatic carbocycles. The smallest absolute Gasteiger partial charge is 0.191 e. The van der Waals surface area contributed by atoms with Crippen molar-refractivity contribution >= 4 is 15.8 Å². The highest BCUT2D eigenvalue weighted by molar-refractivity contribution is 7.91. The average Bonchev–Trinajstić information content (AvgIpc) is 2.61. The predicted octanol–water partition coefficient (Wildman–Crippen LogP) is 1.16. The largest absolute Gasteiger partial charge is 0.356 e. The monoisotopic (exact) mass is 289 g/mol. The molecular weight excluding hydrogens is 262 g/mol. The molecule has 0 aliphatic carbocycles. The molecule has 1 aliphatic heterocycles. The first-order chi connectivity index (χ1) is 8.72. The van der Waals surface area contributed by atoms with Gasteiger partial charge in [0.2, 0.25) is 0 Å². The molecule has 1 fully saturated rings. The molecule has 5 nitrogen and oxygen atoms in total. The highest BCUT2D eigenvalue weighted by Crippen LogP contribution is 2.19. The van der Waals surface area contributed by atoms with Crippen LogP contribution in [0.2, 0.25) is 0 Å². The minimum Gasteiger partial charge on any atom is -0.356 e. The van der Waals surface area contributed by atoms with Crippen LogP contribution in [-0.4, -0.2) is 45.5 Å². The Morgan fingerprint density at radius 2 is 2.05 bits per heavy atom. The zero-order chi connectivity index (χ0) is 14.5. The molecule has 19 heavy (non-hydrogen) atoms. The lowest BCUT2D eigenvalue weighted by Crippen LogP contribution is -2.44. The van der Waals surface area contributed by atoms with E-state index in [1.807, 2.05) is 0 Å². The highest BCUT2D eigenvalue weighted by atomic mass is 32.2. The molecule has 112 valence electrons. The van der Waals surface area contributed by atoms with Crippen molar-refractivity contribution in [3.8, 4) is 0 Å².